The van der Waals surface area contributed by atoms with Crippen molar-refractivity contribution in [1.82, 2.24) is 0 Å². The molecule has 0 saturated heterocycles. The van der Waals surface area contributed by atoms with Crippen molar-refractivity contribution in [1.29, 1.82) is 5.26 Å². The van der Waals surface area contributed by atoms with Gasteiger partial charge in [0.1, 0.15) is 18.6 Å². The predicted octanol–water partition coefficient (Wildman–Crippen LogP) is 1.17. The van der Waals surface area contributed by atoms with Gasteiger partial charge in [0.25, 0.3) is 0 Å². The van der Waals surface area contributed by atoms with Crippen LogP contribution in [0, 0.1) is 23.2 Å². The van der Waals surface area contributed by atoms with Crippen LogP contribution in [0.15, 0.2) is 30.3 Å². The second kappa shape index (κ2) is 6.32. The Morgan fingerprint density at radius 1 is 1.47 bits per heavy atom. The molecule has 1 aromatic rings. The smallest absolute Gasteiger partial charge is 0.315 e. The van der Waals surface area contributed by atoms with Crippen LogP contribution in [0.2, 0.25) is 0 Å². The van der Waals surface area contributed by atoms with E-state index in [9.17, 15) is 9.90 Å². The number of nitriles is 1. The van der Waals surface area contributed by atoms with Gasteiger partial charge in [-0.3, -0.25) is 10.5 Å². The van der Waals surface area contributed by atoms with Gasteiger partial charge >= 0.3 is 5.97 Å². The van der Waals surface area contributed by atoms with E-state index in [0.717, 1.165) is 5.56 Å². The summed E-state index contributed by atoms with van der Waals surface area (Å²) in [6.07, 6.45) is 0. The molecule has 1 aromatic carbocycles. The van der Waals surface area contributed by atoms with E-state index in [0.29, 0.717) is 0 Å². The summed E-state index contributed by atoms with van der Waals surface area (Å²) >= 11 is 0. The maximum absolute atomic E-state index is 12.0. The molecule has 0 heterocycles. The fourth-order valence-electron chi connectivity index (χ4n) is 1.85. The lowest BCUT2D eigenvalue weighted by Gasteiger charge is -2.27. The molecule has 0 aliphatic carbocycles. The number of benzene rings is 1. The van der Waals surface area contributed by atoms with Gasteiger partial charge in [-0.2, -0.15) is 5.26 Å². The number of esters is 1. The topological polar surface area (TPSA) is 96.3 Å². The second-order valence-corrected chi connectivity index (χ2v) is 4.75. The van der Waals surface area contributed by atoms with Crippen molar-refractivity contribution in [3.8, 4) is 6.07 Å². The van der Waals surface area contributed by atoms with Crippen molar-refractivity contribution >= 4 is 5.97 Å². The molecule has 0 aromatic heterocycles. The first-order chi connectivity index (χ1) is 8.88. The fraction of sp³-hybridized carbons (Fsp3) is 0.429. The Bertz CT molecular complexity index is 463. The monoisotopic (exact) mass is 262 g/mol. The molecular weight excluding hydrogens is 244 g/mol. The molecule has 0 amide bonds. The number of rotatable bonds is 5. The van der Waals surface area contributed by atoms with Crippen LogP contribution >= 0.6 is 0 Å². The molecule has 3 N–H and O–H groups in total. The van der Waals surface area contributed by atoms with E-state index in [1.807, 2.05) is 30.3 Å². The highest BCUT2D eigenvalue weighted by molar-refractivity contribution is 5.74. The summed E-state index contributed by atoms with van der Waals surface area (Å²) in [5.74, 6) is -2.07. The number of carbonyl (C=O) groups is 1. The molecule has 1 unspecified atom stereocenters. The summed E-state index contributed by atoms with van der Waals surface area (Å²) < 4.78 is 5.11. The molecule has 5 heteroatoms. The van der Waals surface area contributed by atoms with Gasteiger partial charge < -0.3 is 9.84 Å². The molecule has 0 radical (unpaired) electrons. The van der Waals surface area contributed by atoms with Gasteiger partial charge in [0.05, 0.1) is 0 Å². The van der Waals surface area contributed by atoms with Crippen molar-refractivity contribution in [3.63, 3.8) is 0 Å². The van der Waals surface area contributed by atoms with Crippen molar-refractivity contribution < 1.29 is 14.6 Å². The largest absolute Gasteiger partial charge is 0.460 e. The highest BCUT2D eigenvalue weighted by Crippen LogP contribution is 2.22. The van der Waals surface area contributed by atoms with Gasteiger partial charge in [-0.25, -0.2) is 0 Å². The quantitative estimate of drug-likeness (QED) is 0.472. The van der Waals surface area contributed by atoms with E-state index in [1.165, 1.54) is 6.07 Å². The first-order valence-corrected chi connectivity index (χ1v) is 6.01. The lowest BCUT2D eigenvalue weighted by Crippen LogP contribution is -2.52. The third-order valence-corrected chi connectivity index (χ3v) is 2.80. The third kappa shape index (κ3) is 4.05. The molecule has 0 spiro atoms. The molecule has 0 fully saturated rings. The van der Waals surface area contributed by atoms with Gasteiger partial charge in [-0.05, 0) is 11.5 Å². The molecule has 19 heavy (non-hydrogen) atoms. The lowest BCUT2D eigenvalue weighted by atomic mass is 9.86. The first-order valence-electron chi connectivity index (χ1n) is 6.01. The van der Waals surface area contributed by atoms with Crippen molar-refractivity contribution in [2.75, 3.05) is 0 Å². The molecule has 0 aliphatic heterocycles. The van der Waals surface area contributed by atoms with E-state index in [-0.39, 0.29) is 12.5 Å². The van der Waals surface area contributed by atoms with Crippen LogP contribution in [0.1, 0.15) is 19.4 Å². The van der Waals surface area contributed by atoms with Crippen molar-refractivity contribution in [2.24, 2.45) is 17.6 Å². The highest BCUT2D eigenvalue weighted by atomic mass is 16.5. The zero-order valence-corrected chi connectivity index (χ0v) is 11.0. The summed E-state index contributed by atoms with van der Waals surface area (Å²) in [5.41, 5.74) is 4.03. The van der Waals surface area contributed by atoms with Gasteiger partial charge in [-0.1, -0.05) is 44.2 Å². The standard InChI is InChI=1S/C14H18N2O3/c1-10(2)12(14(16,18)9-15)13(17)19-8-11-6-4-3-5-7-11/h3-7,10,12,18H,8,16H2,1-2H3/t12-,14?/m1/s1. The van der Waals surface area contributed by atoms with Crippen LogP contribution in [0.5, 0.6) is 0 Å². The Balaban J connectivity index is 2.72. The predicted molar refractivity (Wildman–Crippen MR) is 69.3 cm³/mol. The first kappa shape index (κ1) is 15.2. The zero-order valence-electron chi connectivity index (χ0n) is 11.0. The summed E-state index contributed by atoms with van der Waals surface area (Å²) in [5, 5.41) is 18.6. The number of nitrogens with zero attached hydrogens (tertiary/aromatic N) is 1. The Kier molecular flexibility index (Phi) is 5.04. The Morgan fingerprint density at radius 2 is 2.05 bits per heavy atom. The number of ether oxygens (including phenoxy) is 1. The van der Waals surface area contributed by atoms with Crippen molar-refractivity contribution in [2.45, 2.75) is 26.2 Å². The number of carbonyl (C=O) groups excluding carboxylic acids is 1. The average Bonchev–Trinajstić information content (AvgIpc) is 2.37. The Hall–Kier alpha value is -1.90. The van der Waals surface area contributed by atoms with Gasteiger partial charge in [-0.15, -0.1) is 0 Å². The van der Waals surface area contributed by atoms with E-state index in [2.05, 4.69) is 0 Å². The number of hydrogen-bond acceptors (Lipinski definition) is 5. The van der Waals surface area contributed by atoms with Crippen LogP contribution < -0.4 is 5.73 Å². The Labute approximate surface area is 112 Å². The molecule has 0 saturated carbocycles. The van der Waals surface area contributed by atoms with E-state index < -0.39 is 17.6 Å². The van der Waals surface area contributed by atoms with Gasteiger partial charge in [0, 0.05) is 0 Å². The van der Waals surface area contributed by atoms with Gasteiger partial charge in [0.15, 0.2) is 0 Å². The fourth-order valence-corrected chi connectivity index (χ4v) is 1.85. The number of nitrogens with two attached hydrogens (primary N) is 1. The molecule has 0 bridgehead atoms. The average molecular weight is 262 g/mol. The normalized spacial score (nSPS) is 15.4. The highest BCUT2D eigenvalue weighted by Gasteiger charge is 2.42. The maximum atomic E-state index is 12.0. The Morgan fingerprint density at radius 3 is 2.53 bits per heavy atom. The summed E-state index contributed by atoms with van der Waals surface area (Å²) in [4.78, 5) is 12.0. The summed E-state index contributed by atoms with van der Waals surface area (Å²) in [6.45, 7) is 3.48. The van der Waals surface area contributed by atoms with Crippen LogP contribution in [0.3, 0.4) is 0 Å². The minimum atomic E-state index is -2.22. The van der Waals surface area contributed by atoms with Crippen LogP contribution in [-0.2, 0) is 16.1 Å². The lowest BCUT2D eigenvalue weighted by molar-refractivity contribution is -0.159. The minimum Gasteiger partial charge on any atom is -0.460 e. The number of aliphatic hydroxyl groups is 1. The summed E-state index contributed by atoms with van der Waals surface area (Å²) in [7, 11) is 0. The van der Waals surface area contributed by atoms with Gasteiger partial charge in [0.2, 0.25) is 5.72 Å². The maximum Gasteiger partial charge on any atom is 0.315 e. The van der Waals surface area contributed by atoms with Crippen molar-refractivity contribution in [3.05, 3.63) is 35.9 Å². The van der Waals surface area contributed by atoms with E-state index in [1.54, 1.807) is 13.8 Å². The van der Waals surface area contributed by atoms with Crippen LogP contribution in [-0.4, -0.2) is 16.8 Å². The van der Waals surface area contributed by atoms with Crippen LogP contribution in [0.25, 0.3) is 0 Å². The molecular formula is C14H18N2O3. The minimum absolute atomic E-state index is 0.0877. The number of hydrogen-bond donors (Lipinski definition) is 2. The third-order valence-electron chi connectivity index (χ3n) is 2.80. The van der Waals surface area contributed by atoms with Crippen LogP contribution in [0.4, 0.5) is 0 Å². The second-order valence-electron chi connectivity index (χ2n) is 4.75. The molecule has 0 aliphatic rings. The molecule has 5 nitrogen and oxygen atoms in total. The van der Waals surface area contributed by atoms with E-state index >= 15 is 0 Å². The SMILES string of the molecule is CC(C)[C@H](C(=O)OCc1ccccc1)C(N)(O)C#N. The molecule has 1 rings (SSSR count). The molecule has 102 valence electrons. The zero-order chi connectivity index (χ0) is 14.5. The molecule has 2 atom stereocenters. The summed E-state index contributed by atoms with van der Waals surface area (Å²) in [6, 6.07) is 10.7. The van der Waals surface area contributed by atoms with E-state index in [4.69, 9.17) is 15.7 Å².